The first-order valence-corrected chi connectivity index (χ1v) is 10.2. The highest BCUT2D eigenvalue weighted by Gasteiger charge is 2.23. The average Bonchev–Trinajstić information content (AvgIpc) is 2.74. The Bertz CT molecular complexity index is 797. The number of methoxy groups -OCH3 is 1. The summed E-state index contributed by atoms with van der Waals surface area (Å²) in [7, 11) is 3.45. The van der Waals surface area contributed by atoms with Crippen LogP contribution in [0, 0.1) is 11.7 Å². The quantitative estimate of drug-likeness (QED) is 0.757. The lowest BCUT2D eigenvalue weighted by molar-refractivity contribution is 0.150. The third-order valence-electron chi connectivity index (χ3n) is 5.47. The first kappa shape index (κ1) is 21.1. The molecular formula is C23H30FN3O2. The van der Waals surface area contributed by atoms with Gasteiger partial charge < -0.3 is 19.9 Å². The van der Waals surface area contributed by atoms with E-state index in [1.165, 1.54) is 11.6 Å². The minimum absolute atomic E-state index is 0.217. The van der Waals surface area contributed by atoms with Gasteiger partial charge >= 0.3 is 6.03 Å². The summed E-state index contributed by atoms with van der Waals surface area (Å²) in [6, 6.07) is 14.2. The fourth-order valence-electron chi connectivity index (χ4n) is 3.83. The molecule has 5 nitrogen and oxygen atoms in total. The largest absolute Gasteiger partial charge is 0.497 e. The van der Waals surface area contributed by atoms with E-state index in [1.54, 1.807) is 37.3 Å². The summed E-state index contributed by atoms with van der Waals surface area (Å²) >= 11 is 0. The second-order valence-corrected chi connectivity index (χ2v) is 7.70. The molecule has 3 rings (SSSR count). The van der Waals surface area contributed by atoms with Crippen molar-refractivity contribution >= 4 is 11.7 Å². The molecule has 6 heteroatoms. The van der Waals surface area contributed by atoms with Gasteiger partial charge in [-0.3, -0.25) is 0 Å². The number of nitrogens with one attached hydrogen (secondary N) is 1. The number of anilines is 1. The number of carbonyl (C=O) groups is 1. The zero-order valence-electron chi connectivity index (χ0n) is 17.2. The molecule has 1 unspecified atom stereocenters. The maximum Gasteiger partial charge on any atom is 0.321 e. The molecule has 1 N–H and O–H groups in total. The summed E-state index contributed by atoms with van der Waals surface area (Å²) in [5.74, 6) is 0.885. The van der Waals surface area contributed by atoms with Gasteiger partial charge in [-0.05, 0) is 61.6 Å². The van der Waals surface area contributed by atoms with Crippen LogP contribution in [0.3, 0.4) is 0 Å². The van der Waals surface area contributed by atoms with Crippen molar-refractivity contribution in [3.05, 3.63) is 59.9 Å². The molecule has 0 aliphatic carbocycles. The first-order valence-electron chi connectivity index (χ1n) is 10.2. The van der Waals surface area contributed by atoms with Crippen LogP contribution < -0.4 is 10.1 Å². The third kappa shape index (κ3) is 6.19. The van der Waals surface area contributed by atoms with E-state index in [-0.39, 0.29) is 11.7 Å². The van der Waals surface area contributed by atoms with Gasteiger partial charge in [-0.25, -0.2) is 9.18 Å². The lowest BCUT2D eigenvalue weighted by Gasteiger charge is -2.34. The minimum atomic E-state index is -0.420. The molecule has 156 valence electrons. The van der Waals surface area contributed by atoms with Crippen molar-refractivity contribution in [3.63, 3.8) is 0 Å². The number of halogens is 1. The van der Waals surface area contributed by atoms with E-state index in [0.29, 0.717) is 12.5 Å². The van der Waals surface area contributed by atoms with Gasteiger partial charge in [0, 0.05) is 26.7 Å². The summed E-state index contributed by atoms with van der Waals surface area (Å²) in [5, 5.41) is 2.65. The molecule has 2 aromatic carbocycles. The van der Waals surface area contributed by atoms with E-state index in [4.69, 9.17) is 4.74 Å². The standard InChI is InChI=1S/C23H30FN3O2/c1-26(23(28)25-22-8-4-3-7-21(22)24)16-19-6-5-14-27(17-19)15-13-18-9-11-20(29-2)12-10-18/h3-4,7-12,19H,5-6,13-17H2,1-2H3,(H,25,28). The number of rotatable bonds is 7. The molecule has 2 aromatic rings. The normalized spacial score (nSPS) is 17.0. The molecule has 0 spiro atoms. The van der Waals surface area contributed by atoms with Crippen molar-refractivity contribution in [3.8, 4) is 5.75 Å². The van der Waals surface area contributed by atoms with Crippen LogP contribution in [0.1, 0.15) is 18.4 Å². The third-order valence-corrected chi connectivity index (χ3v) is 5.47. The van der Waals surface area contributed by atoms with Crippen molar-refractivity contribution < 1.29 is 13.9 Å². The molecule has 2 amide bonds. The van der Waals surface area contributed by atoms with Crippen LogP contribution in [0.2, 0.25) is 0 Å². The number of hydrogen-bond donors (Lipinski definition) is 1. The molecule has 1 aliphatic heterocycles. The number of nitrogens with zero attached hydrogens (tertiary/aromatic N) is 2. The number of amides is 2. The van der Waals surface area contributed by atoms with E-state index in [1.807, 2.05) is 12.1 Å². The van der Waals surface area contributed by atoms with Gasteiger partial charge in [0.25, 0.3) is 0 Å². The van der Waals surface area contributed by atoms with E-state index in [9.17, 15) is 9.18 Å². The summed E-state index contributed by atoms with van der Waals surface area (Å²) in [5.41, 5.74) is 1.52. The van der Waals surface area contributed by atoms with Crippen LogP contribution in [-0.2, 0) is 6.42 Å². The van der Waals surface area contributed by atoms with Crippen molar-refractivity contribution in [1.82, 2.24) is 9.80 Å². The molecule has 1 aliphatic rings. The van der Waals surface area contributed by atoms with Crippen LogP contribution in [0.4, 0.5) is 14.9 Å². The molecule has 1 heterocycles. The molecule has 0 bridgehead atoms. The SMILES string of the molecule is COc1ccc(CCN2CCCC(CN(C)C(=O)Nc3ccccc3F)C2)cc1. The minimum Gasteiger partial charge on any atom is -0.497 e. The second kappa shape index (κ2) is 10.3. The number of likely N-dealkylation sites (tertiary alicyclic amines) is 1. The van der Waals surface area contributed by atoms with Gasteiger partial charge in [0.05, 0.1) is 12.8 Å². The highest BCUT2D eigenvalue weighted by molar-refractivity contribution is 5.89. The first-order chi connectivity index (χ1) is 14.0. The zero-order chi connectivity index (χ0) is 20.6. The topological polar surface area (TPSA) is 44.8 Å². The Morgan fingerprint density at radius 1 is 1.24 bits per heavy atom. The van der Waals surface area contributed by atoms with Gasteiger partial charge in [0.15, 0.2) is 0 Å². The number of hydrogen-bond acceptors (Lipinski definition) is 3. The number of benzene rings is 2. The molecule has 1 atom stereocenters. The summed E-state index contributed by atoms with van der Waals surface area (Å²) in [4.78, 5) is 16.5. The van der Waals surface area contributed by atoms with Crippen LogP contribution in [-0.4, -0.2) is 56.2 Å². The Labute approximate surface area is 172 Å². The number of ether oxygens (including phenoxy) is 1. The number of para-hydroxylation sites is 1. The lowest BCUT2D eigenvalue weighted by atomic mass is 9.97. The fourth-order valence-corrected chi connectivity index (χ4v) is 3.83. The molecule has 0 radical (unpaired) electrons. The highest BCUT2D eigenvalue weighted by atomic mass is 19.1. The van der Waals surface area contributed by atoms with Crippen LogP contribution in [0.25, 0.3) is 0 Å². The Balaban J connectivity index is 1.45. The highest BCUT2D eigenvalue weighted by Crippen LogP contribution is 2.19. The lowest BCUT2D eigenvalue weighted by Crippen LogP contribution is -2.43. The van der Waals surface area contributed by atoms with Crippen LogP contribution in [0.15, 0.2) is 48.5 Å². The zero-order valence-corrected chi connectivity index (χ0v) is 17.2. The van der Waals surface area contributed by atoms with Gasteiger partial charge in [0.2, 0.25) is 0 Å². The summed E-state index contributed by atoms with van der Waals surface area (Å²) < 4.78 is 19.0. The smallest absolute Gasteiger partial charge is 0.321 e. The maximum absolute atomic E-state index is 13.7. The fraction of sp³-hybridized carbons (Fsp3) is 0.435. The summed E-state index contributed by atoms with van der Waals surface area (Å²) in [6.45, 7) is 3.75. The van der Waals surface area contributed by atoms with Crippen molar-refractivity contribution in [2.24, 2.45) is 5.92 Å². The molecule has 1 fully saturated rings. The monoisotopic (exact) mass is 399 g/mol. The van der Waals surface area contributed by atoms with Gasteiger partial charge in [-0.1, -0.05) is 24.3 Å². The average molecular weight is 400 g/mol. The molecule has 0 saturated carbocycles. The molecule has 0 aromatic heterocycles. The predicted octanol–water partition coefficient (Wildman–Crippen LogP) is 4.25. The van der Waals surface area contributed by atoms with Crippen molar-refractivity contribution in [2.75, 3.05) is 45.7 Å². The second-order valence-electron chi connectivity index (χ2n) is 7.70. The van der Waals surface area contributed by atoms with E-state index < -0.39 is 5.82 Å². The van der Waals surface area contributed by atoms with Crippen LogP contribution >= 0.6 is 0 Å². The van der Waals surface area contributed by atoms with Crippen molar-refractivity contribution in [2.45, 2.75) is 19.3 Å². The maximum atomic E-state index is 13.7. The number of carbonyl (C=O) groups excluding carboxylic acids is 1. The van der Waals surface area contributed by atoms with Gasteiger partial charge in [0.1, 0.15) is 11.6 Å². The number of urea groups is 1. The van der Waals surface area contributed by atoms with Crippen molar-refractivity contribution in [1.29, 1.82) is 0 Å². The molecular weight excluding hydrogens is 369 g/mol. The van der Waals surface area contributed by atoms with Crippen LogP contribution in [0.5, 0.6) is 5.75 Å². The van der Waals surface area contributed by atoms with E-state index in [0.717, 1.165) is 44.6 Å². The molecule has 1 saturated heterocycles. The Morgan fingerprint density at radius 2 is 2.00 bits per heavy atom. The number of piperidine rings is 1. The predicted molar refractivity (Wildman–Crippen MR) is 114 cm³/mol. The van der Waals surface area contributed by atoms with Gasteiger partial charge in [-0.2, -0.15) is 0 Å². The van der Waals surface area contributed by atoms with Gasteiger partial charge in [-0.15, -0.1) is 0 Å². The summed E-state index contributed by atoms with van der Waals surface area (Å²) in [6.07, 6.45) is 3.24. The Morgan fingerprint density at radius 3 is 2.72 bits per heavy atom. The Kier molecular flexibility index (Phi) is 7.47. The van der Waals surface area contributed by atoms with E-state index in [2.05, 4.69) is 22.3 Å². The molecule has 29 heavy (non-hydrogen) atoms. The van der Waals surface area contributed by atoms with E-state index >= 15 is 0 Å². The Hall–Kier alpha value is -2.60.